The van der Waals surface area contributed by atoms with Gasteiger partial charge in [0.25, 0.3) is 11.6 Å². The molecule has 166 valence electrons. The second-order valence-electron chi connectivity index (χ2n) is 7.23. The lowest BCUT2D eigenvalue weighted by Crippen LogP contribution is -2.41. The fourth-order valence-corrected chi connectivity index (χ4v) is 3.32. The van der Waals surface area contributed by atoms with Crippen LogP contribution in [0.1, 0.15) is 22.3 Å². The minimum absolute atomic E-state index is 0.133. The highest BCUT2D eigenvalue weighted by atomic mass is 16.6. The van der Waals surface area contributed by atoms with Crippen LogP contribution in [0, 0.1) is 17.0 Å². The number of carbonyl (C=O) groups is 2. The summed E-state index contributed by atoms with van der Waals surface area (Å²) in [7, 11) is 0. The van der Waals surface area contributed by atoms with Crippen LogP contribution in [-0.4, -0.2) is 77.6 Å². The highest BCUT2D eigenvalue weighted by molar-refractivity contribution is 5.99. The van der Waals surface area contributed by atoms with E-state index >= 15 is 0 Å². The number of nitro benzene ring substituents is 1. The second kappa shape index (κ2) is 10.6. The number of nitro groups is 1. The molecular weight excluding hydrogens is 406 g/mol. The summed E-state index contributed by atoms with van der Waals surface area (Å²) in [5, 5.41) is 17.4. The zero-order valence-electron chi connectivity index (χ0n) is 17.3. The molecule has 1 saturated heterocycles. The van der Waals surface area contributed by atoms with Crippen LogP contribution in [0.2, 0.25) is 0 Å². The predicted molar refractivity (Wildman–Crippen MR) is 111 cm³/mol. The summed E-state index contributed by atoms with van der Waals surface area (Å²) in [5.74, 6) is -0.632. The number of nitrogens with one attached hydrogen (secondary N) is 1. The molecule has 0 bridgehead atoms. The molecule has 31 heavy (non-hydrogen) atoms. The van der Waals surface area contributed by atoms with Crippen LogP contribution < -0.4 is 5.32 Å². The fourth-order valence-electron chi connectivity index (χ4n) is 3.32. The highest BCUT2D eigenvalue weighted by Gasteiger charge is 2.22. The molecule has 0 atom stereocenters. The first-order valence-corrected chi connectivity index (χ1v) is 9.98. The maximum Gasteiger partial charge on any atom is 0.273 e. The van der Waals surface area contributed by atoms with Gasteiger partial charge >= 0.3 is 0 Å². The van der Waals surface area contributed by atoms with Crippen LogP contribution in [0.25, 0.3) is 0 Å². The first-order chi connectivity index (χ1) is 14.9. The van der Waals surface area contributed by atoms with Crippen molar-refractivity contribution in [2.24, 2.45) is 0 Å². The number of benzene rings is 1. The van der Waals surface area contributed by atoms with Crippen LogP contribution in [-0.2, 0) is 9.53 Å². The topological polar surface area (TPSA) is 131 Å². The summed E-state index contributed by atoms with van der Waals surface area (Å²) in [6.45, 7) is 5.48. The van der Waals surface area contributed by atoms with Crippen molar-refractivity contribution in [2.75, 3.05) is 51.3 Å². The number of rotatable bonds is 9. The third-order valence-electron chi connectivity index (χ3n) is 4.99. The first kappa shape index (κ1) is 22.4. The van der Waals surface area contributed by atoms with Crippen LogP contribution >= 0.6 is 0 Å². The van der Waals surface area contributed by atoms with Crippen LogP contribution in [0.15, 0.2) is 35.1 Å². The molecule has 1 N–H and O–H groups in total. The Morgan fingerprint density at radius 3 is 2.74 bits per heavy atom. The van der Waals surface area contributed by atoms with E-state index < -0.39 is 16.7 Å². The Bertz CT molecular complexity index is 911. The third kappa shape index (κ3) is 6.33. The number of hydrogen-bond acceptors (Lipinski definition) is 8. The summed E-state index contributed by atoms with van der Waals surface area (Å²) in [6, 6.07) is 5.82. The number of amides is 2. The van der Waals surface area contributed by atoms with Crippen molar-refractivity contribution in [1.82, 2.24) is 15.0 Å². The smallest absolute Gasteiger partial charge is 0.273 e. The summed E-state index contributed by atoms with van der Waals surface area (Å²) >= 11 is 0. The molecule has 1 aliphatic rings. The molecule has 1 aromatic heterocycles. The molecule has 1 aromatic carbocycles. The largest absolute Gasteiger partial charge is 0.379 e. The molecule has 0 aliphatic carbocycles. The lowest BCUT2D eigenvalue weighted by molar-refractivity contribution is -0.385. The molecule has 1 aliphatic heterocycles. The van der Waals surface area contributed by atoms with E-state index in [1.54, 1.807) is 6.92 Å². The number of hydrogen-bond donors (Lipinski definition) is 1. The van der Waals surface area contributed by atoms with E-state index in [1.165, 1.54) is 35.4 Å². The van der Waals surface area contributed by atoms with E-state index in [0.29, 0.717) is 31.7 Å². The van der Waals surface area contributed by atoms with Gasteiger partial charge < -0.3 is 19.5 Å². The summed E-state index contributed by atoms with van der Waals surface area (Å²) in [4.78, 5) is 39.9. The average Bonchev–Trinajstić information content (AvgIpc) is 3.26. The van der Waals surface area contributed by atoms with Crippen molar-refractivity contribution in [3.63, 3.8) is 0 Å². The Labute approximate surface area is 179 Å². The van der Waals surface area contributed by atoms with Gasteiger partial charge in [0, 0.05) is 49.4 Å². The zero-order valence-corrected chi connectivity index (χ0v) is 17.3. The van der Waals surface area contributed by atoms with Gasteiger partial charge in [-0.15, -0.1) is 0 Å². The van der Waals surface area contributed by atoms with Crippen LogP contribution in [0.3, 0.4) is 0 Å². The van der Waals surface area contributed by atoms with E-state index in [2.05, 4.69) is 15.4 Å². The Kier molecular flexibility index (Phi) is 7.68. The lowest BCUT2D eigenvalue weighted by Gasteiger charge is -2.28. The van der Waals surface area contributed by atoms with Gasteiger partial charge in [-0.05, 0) is 19.4 Å². The van der Waals surface area contributed by atoms with Crippen molar-refractivity contribution in [1.29, 1.82) is 0 Å². The highest BCUT2D eigenvalue weighted by Crippen LogP contribution is 2.20. The van der Waals surface area contributed by atoms with Crippen molar-refractivity contribution in [3.05, 3.63) is 51.8 Å². The Balaban J connectivity index is 1.70. The number of aryl methyl sites for hydroxylation is 1. The van der Waals surface area contributed by atoms with E-state index in [-0.39, 0.29) is 23.6 Å². The monoisotopic (exact) mass is 431 g/mol. The normalized spacial score (nSPS) is 14.2. The number of aromatic nitrogens is 1. The molecule has 2 heterocycles. The number of anilines is 1. The molecule has 1 fully saturated rings. The van der Waals surface area contributed by atoms with Gasteiger partial charge in [-0.2, -0.15) is 0 Å². The maximum atomic E-state index is 13.1. The Morgan fingerprint density at radius 2 is 2.06 bits per heavy atom. The molecule has 0 unspecified atom stereocenters. The number of morpholine rings is 1. The number of ether oxygens (including phenoxy) is 1. The lowest BCUT2D eigenvalue weighted by atomic mass is 10.1. The van der Waals surface area contributed by atoms with Gasteiger partial charge in [0.2, 0.25) is 5.91 Å². The summed E-state index contributed by atoms with van der Waals surface area (Å²) < 4.78 is 10.0. The molecule has 0 radical (unpaired) electrons. The van der Waals surface area contributed by atoms with Crippen LogP contribution in [0.5, 0.6) is 0 Å². The molecule has 0 saturated carbocycles. The number of nitrogens with zero attached hydrogens (tertiary/aromatic N) is 4. The molecule has 0 spiro atoms. The van der Waals surface area contributed by atoms with Crippen LogP contribution in [0.4, 0.5) is 11.5 Å². The standard InChI is InChI=1S/C20H25N5O6/c1-15-3-4-16(13-17(15)25(28)29)20(27)24(7-2-6-23-8-11-30-12-9-23)14-19(26)21-18-5-10-31-22-18/h3-5,10,13H,2,6-9,11-12,14H2,1H3,(H,21,22,26). The van der Waals surface area contributed by atoms with Gasteiger partial charge in [0.05, 0.1) is 18.1 Å². The van der Waals surface area contributed by atoms with Crippen molar-refractivity contribution in [3.8, 4) is 0 Å². The molecule has 3 rings (SSSR count). The van der Waals surface area contributed by atoms with Gasteiger partial charge in [-0.3, -0.25) is 24.6 Å². The van der Waals surface area contributed by atoms with Gasteiger partial charge in [-0.25, -0.2) is 0 Å². The maximum absolute atomic E-state index is 13.1. The van der Waals surface area contributed by atoms with Gasteiger partial charge in [0.15, 0.2) is 5.82 Å². The minimum atomic E-state index is -0.522. The second-order valence-corrected chi connectivity index (χ2v) is 7.23. The Morgan fingerprint density at radius 1 is 1.29 bits per heavy atom. The SMILES string of the molecule is Cc1ccc(C(=O)N(CCCN2CCOCC2)CC(=O)Nc2ccon2)cc1[N+](=O)[O-]. The van der Waals surface area contributed by atoms with E-state index in [0.717, 1.165) is 19.6 Å². The quantitative estimate of drug-likeness (QED) is 0.469. The molecular formula is C20H25N5O6. The average molecular weight is 431 g/mol. The molecule has 11 heteroatoms. The molecule has 2 amide bonds. The summed E-state index contributed by atoms with van der Waals surface area (Å²) in [6.07, 6.45) is 1.98. The van der Waals surface area contributed by atoms with Crippen molar-refractivity contribution < 1.29 is 23.8 Å². The van der Waals surface area contributed by atoms with E-state index in [1.807, 2.05) is 0 Å². The van der Waals surface area contributed by atoms with Gasteiger partial charge in [0.1, 0.15) is 12.8 Å². The zero-order chi connectivity index (χ0) is 22.2. The van der Waals surface area contributed by atoms with Crippen molar-refractivity contribution >= 4 is 23.3 Å². The number of carbonyl (C=O) groups excluding carboxylic acids is 2. The summed E-state index contributed by atoms with van der Waals surface area (Å²) in [5.41, 5.74) is 0.494. The molecule has 11 nitrogen and oxygen atoms in total. The van der Waals surface area contributed by atoms with E-state index in [4.69, 9.17) is 9.26 Å². The van der Waals surface area contributed by atoms with Crippen molar-refractivity contribution in [2.45, 2.75) is 13.3 Å². The predicted octanol–water partition coefficient (Wildman–Crippen LogP) is 1.69. The Hall–Kier alpha value is -3.31. The minimum Gasteiger partial charge on any atom is -0.379 e. The van der Waals surface area contributed by atoms with Gasteiger partial charge in [-0.1, -0.05) is 11.2 Å². The first-order valence-electron chi connectivity index (χ1n) is 9.98. The molecule has 2 aromatic rings. The van der Waals surface area contributed by atoms with E-state index in [9.17, 15) is 19.7 Å². The fraction of sp³-hybridized carbons (Fsp3) is 0.450. The third-order valence-corrected chi connectivity index (χ3v) is 4.99.